The summed E-state index contributed by atoms with van der Waals surface area (Å²) in [5.41, 5.74) is 1.70. The summed E-state index contributed by atoms with van der Waals surface area (Å²) in [5, 5.41) is 3.91. The van der Waals surface area contributed by atoms with Crippen LogP contribution < -0.4 is 5.32 Å². The van der Waals surface area contributed by atoms with Gasteiger partial charge in [-0.25, -0.2) is 4.39 Å². The zero-order valence-electron chi connectivity index (χ0n) is 9.75. The Morgan fingerprint density at radius 1 is 1.22 bits per heavy atom. The van der Waals surface area contributed by atoms with Crippen LogP contribution in [0.3, 0.4) is 0 Å². The first-order valence-corrected chi connectivity index (χ1v) is 6.70. The van der Waals surface area contributed by atoms with E-state index >= 15 is 0 Å². The third-order valence-electron chi connectivity index (χ3n) is 2.65. The molecule has 2 aromatic carbocycles. The minimum atomic E-state index is -0.235. The molecule has 18 heavy (non-hydrogen) atoms. The van der Waals surface area contributed by atoms with Gasteiger partial charge < -0.3 is 5.32 Å². The molecule has 0 spiro atoms. The van der Waals surface area contributed by atoms with Gasteiger partial charge in [-0.1, -0.05) is 39.7 Å². The van der Waals surface area contributed by atoms with Crippen molar-refractivity contribution in [1.29, 1.82) is 0 Å². The highest BCUT2D eigenvalue weighted by Crippen LogP contribution is 2.29. The van der Waals surface area contributed by atoms with Gasteiger partial charge >= 0.3 is 0 Å². The fourth-order valence-corrected chi connectivity index (χ4v) is 2.23. The average molecular weight is 329 g/mol. The summed E-state index contributed by atoms with van der Waals surface area (Å²) in [6.45, 7) is 1.96. The molecule has 0 aliphatic heterocycles. The maximum atomic E-state index is 13.1. The van der Waals surface area contributed by atoms with Crippen molar-refractivity contribution < 1.29 is 4.39 Å². The molecular formula is C14H12BrClFN. The van der Waals surface area contributed by atoms with Crippen molar-refractivity contribution in [3.05, 3.63) is 63.3 Å². The van der Waals surface area contributed by atoms with Gasteiger partial charge in [0.05, 0.1) is 10.7 Å². The first-order valence-electron chi connectivity index (χ1n) is 5.53. The quantitative estimate of drug-likeness (QED) is 0.794. The van der Waals surface area contributed by atoms with Gasteiger partial charge in [-0.2, -0.15) is 0 Å². The summed E-state index contributed by atoms with van der Waals surface area (Å²) in [7, 11) is 0. The van der Waals surface area contributed by atoms with Crippen molar-refractivity contribution in [2.75, 3.05) is 5.32 Å². The minimum absolute atomic E-state index is 0.0208. The number of anilines is 1. The maximum absolute atomic E-state index is 13.1. The van der Waals surface area contributed by atoms with Crippen LogP contribution in [-0.4, -0.2) is 0 Å². The largest absolute Gasteiger partial charge is 0.377 e. The third kappa shape index (κ3) is 3.24. The van der Waals surface area contributed by atoms with Crippen LogP contribution in [0.1, 0.15) is 18.5 Å². The Labute approximate surface area is 119 Å². The Morgan fingerprint density at radius 2 is 2.00 bits per heavy atom. The lowest BCUT2D eigenvalue weighted by atomic mass is 10.1. The number of hydrogen-bond acceptors (Lipinski definition) is 1. The molecule has 4 heteroatoms. The molecule has 0 radical (unpaired) electrons. The monoisotopic (exact) mass is 327 g/mol. The van der Waals surface area contributed by atoms with Crippen LogP contribution in [0.4, 0.5) is 10.1 Å². The normalized spacial score (nSPS) is 12.2. The molecular weight excluding hydrogens is 317 g/mol. The smallest absolute Gasteiger partial charge is 0.123 e. The Bertz CT molecular complexity index is 559. The van der Waals surface area contributed by atoms with E-state index in [9.17, 15) is 4.39 Å². The van der Waals surface area contributed by atoms with Crippen LogP contribution in [0.25, 0.3) is 0 Å². The van der Waals surface area contributed by atoms with Crippen LogP contribution in [0.2, 0.25) is 5.02 Å². The predicted molar refractivity (Wildman–Crippen MR) is 77.6 cm³/mol. The highest BCUT2D eigenvalue weighted by atomic mass is 79.9. The van der Waals surface area contributed by atoms with E-state index in [4.69, 9.17) is 11.6 Å². The zero-order chi connectivity index (χ0) is 13.1. The molecule has 94 valence electrons. The molecule has 0 heterocycles. The summed E-state index contributed by atoms with van der Waals surface area (Å²) in [4.78, 5) is 0. The van der Waals surface area contributed by atoms with E-state index in [1.165, 1.54) is 12.1 Å². The van der Waals surface area contributed by atoms with Gasteiger partial charge in [0.25, 0.3) is 0 Å². The van der Waals surface area contributed by atoms with Crippen molar-refractivity contribution in [3.8, 4) is 0 Å². The van der Waals surface area contributed by atoms with E-state index < -0.39 is 0 Å². The topological polar surface area (TPSA) is 12.0 Å². The first kappa shape index (κ1) is 13.4. The van der Waals surface area contributed by atoms with E-state index in [1.807, 2.05) is 31.2 Å². The second-order valence-corrected chi connectivity index (χ2v) is 5.37. The number of nitrogens with one attached hydrogen (secondary N) is 1. The molecule has 0 bridgehead atoms. The molecule has 2 aromatic rings. The van der Waals surface area contributed by atoms with Gasteiger partial charge in [0.1, 0.15) is 5.82 Å². The fourth-order valence-electron chi connectivity index (χ4n) is 1.70. The van der Waals surface area contributed by atoms with Crippen LogP contribution in [0, 0.1) is 5.82 Å². The molecule has 0 aliphatic rings. The SMILES string of the molecule is CC(Nc1cc(Br)ccc1Cl)c1cccc(F)c1. The summed E-state index contributed by atoms with van der Waals surface area (Å²) in [5.74, 6) is -0.235. The number of rotatable bonds is 3. The molecule has 0 aromatic heterocycles. The van der Waals surface area contributed by atoms with E-state index in [2.05, 4.69) is 21.2 Å². The fraction of sp³-hybridized carbons (Fsp3) is 0.143. The molecule has 0 saturated heterocycles. The molecule has 1 unspecified atom stereocenters. The van der Waals surface area contributed by atoms with Crippen molar-refractivity contribution in [3.63, 3.8) is 0 Å². The van der Waals surface area contributed by atoms with Crippen LogP contribution >= 0.6 is 27.5 Å². The molecule has 0 amide bonds. The van der Waals surface area contributed by atoms with E-state index in [0.717, 1.165) is 15.7 Å². The van der Waals surface area contributed by atoms with Crippen molar-refractivity contribution in [1.82, 2.24) is 0 Å². The highest BCUT2D eigenvalue weighted by molar-refractivity contribution is 9.10. The van der Waals surface area contributed by atoms with Gasteiger partial charge in [-0.15, -0.1) is 0 Å². The molecule has 1 atom stereocenters. The molecule has 2 rings (SSSR count). The minimum Gasteiger partial charge on any atom is -0.377 e. The summed E-state index contributed by atoms with van der Waals surface area (Å²) < 4.78 is 14.1. The van der Waals surface area contributed by atoms with Crippen LogP contribution in [-0.2, 0) is 0 Å². The van der Waals surface area contributed by atoms with Gasteiger partial charge in [-0.05, 0) is 42.8 Å². The summed E-state index contributed by atoms with van der Waals surface area (Å²) in [6, 6.07) is 12.1. The number of halogens is 3. The molecule has 1 N–H and O–H groups in total. The number of hydrogen-bond donors (Lipinski definition) is 1. The first-order chi connectivity index (χ1) is 8.56. The average Bonchev–Trinajstić information content (AvgIpc) is 2.34. The van der Waals surface area contributed by atoms with Gasteiger partial charge in [0.2, 0.25) is 0 Å². The second kappa shape index (κ2) is 5.72. The lowest BCUT2D eigenvalue weighted by Crippen LogP contribution is -2.07. The van der Waals surface area contributed by atoms with Crippen molar-refractivity contribution in [2.45, 2.75) is 13.0 Å². The lowest BCUT2D eigenvalue weighted by molar-refractivity contribution is 0.623. The standard InChI is InChI=1S/C14H12BrClFN/c1-9(10-3-2-4-12(17)7-10)18-14-8-11(15)5-6-13(14)16/h2-9,18H,1H3. The van der Waals surface area contributed by atoms with E-state index in [-0.39, 0.29) is 11.9 Å². The van der Waals surface area contributed by atoms with Crippen LogP contribution in [0.15, 0.2) is 46.9 Å². The van der Waals surface area contributed by atoms with Gasteiger partial charge in [0, 0.05) is 10.5 Å². The molecule has 1 nitrogen and oxygen atoms in total. The van der Waals surface area contributed by atoms with Gasteiger partial charge in [-0.3, -0.25) is 0 Å². The number of benzene rings is 2. The predicted octanol–water partition coefficient (Wildman–Crippen LogP) is 5.41. The second-order valence-electron chi connectivity index (χ2n) is 4.05. The molecule has 0 saturated carbocycles. The summed E-state index contributed by atoms with van der Waals surface area (Å²) in [6.07, 6.45) is 0. The Morgan fingerprint density at radius 3 is 2.72 bits per heavy atom. The summed E-state index contributed by atoms with van der Waals surface area (Å²) >= 11 is 9.50. The van der Waals surface area contributed by atoms with Gasteiger partial charge in [0.15, 0.2) is 0 Å². The van der Waals surface area contributed by atoms with E-state index in [1.54, 1.807) is 6.07 Å². The maximum Gasteiger partial charge on any atom is 0.123 e. The molecule has 0 fully saturated rings. The Hall–Kier alpha value is -1.06. The third-order valence-corrected chi connectivity index (χ3v) is 3.47. The van der Waals surface area contributed by atoms with Crippen molar-refractivity contribution in [2.24, 2.45) is 0 Å². The lowest BCUT2D eigenvalue weighted by Gasteiger charge is -2.17. The van der Waals surface area contributed by atoms with Crippen LogP contribution in [0.5, 0.6) is 0 Å². The molecule has 0 aliphatic carbocycles. The Kier molecular flexibility index (Phi) is 4.25. The van der Waals surface area contributed by atoms with Crippen molar-refractivity contribution >= 4 is 33.2 Å². The zero-order valence-corrected chi connectivity index (χ0v) is 12.1. The Balaban J connectivity index is 2.21. The van der Waals surface area contributed by atoms with E-state index in [0.29, 0.717) is 5.02 Å². The highest BCUT2D eigenvalue weighted by Gasteiger charge is 2.08.